The average molecular weight is 344 g/mol. The SMILES string of the molecule is CC1CCCN(CCCCNC(=O)Nc2ccc(OCC#N)cc2)C1. The first kappa shape index (κ1) is 19.1. The molecule has 1 saturated heterocycles. The second-order valence-corrected chi connectivity index (χ2v) is 6.61. The first-order valence-electron chi connectivity index (χ1n) is 9.04. The summed E-state index contributed by atoms with van der Waals surface area (Å²) in [6.45, 7) is 6.56. The van der Waals surface area contributed by atoms with Crippen molar-refractivity contribution in [2.45, 2.75) is 32.6 Å². The number of carbonyl (C=O) groups excluding carboxylic acids is 1. The van der Waals surface area contributed by atoms with Gasteiger partial charge in [0.15, 0.2) is 6.61 Å². The molecule has 6 heteroatoms. The van der Waals surface area contributed by atoms with Crippen LogP contribution in [0.4, 0.5) is 10.5 Å². The summed E-state index contributed by atoms with van der Waals surface area (Å²) in [5.74, 6) is 1.42. The molecule has 2 N–H and O–H groups in total. The second kappa shape index (κ2) is 10.6. The van der Waals surface area contributed by atoms with Crippen molar-refractivity contribution in [3.63, 3.8) is 0 Å². The van der Waals surface area contributed by atoms with E-state index in [1.165, 1.54) is 25.9 Å². The summed E-state index contributed by atoms with van der Waals surface area (Å²) in [6, 6.07) is 8.68. The van der Waals surface area contributed by atoms with Gasteiger partial charge in [-0.15, -0.1) is 0 Å². The van der Waals surface area contributed by atoms with Crippen LogP contribution in [0.1, 0.15) is 32.6 Å². The quantitative estimate of drug-likeness (QED) is 0.710. The van der Waals surface area contributed by atoms with Gasteiger partial charge in [0.05, 0.1) is 0 Å². The van der Waals surface area contributed by atoms with Gasteiger partial charge in [-0.3, -0.25) is 0 Å². The van der Waals surface area contributed by atoms with E-state index in [1.807, 2.05) is 6.07 Å². The number of carbonyl (C=O) groups is 1. The molecule has 1 heterocycles. The third kappa shape index (κ3) is 7.44. The van der Waals surface area contributed by atoms with E-state index in [0.717, 1.165) is 25.3 Å². The van der Waals surface area contributed by atoms with Gasteiger partial charge in [0, 0.05) is 18.8 Å². The van der Waals surface area contributed by atoms with Crippen molar-refractivity contribution in [3.05, 3.63) is 24.3 Å². The Hall–Kier alpha value is -2.26. The van der Waals surface area contributed by atoms with E-state index in [4.69, 9.17) is 10.00 Å². The highest BCUT2D eigenvalue weighted by Crippen LogP contribution is 2.16. The average Bonchev–Trinajstić information content (AvgIpc) is 2.61. The predicted molar refractivity (Wildman–Crippen MR) is 98.6 cm³/mol. The van der Waals surface area contributed by atoms with Gasteiger partial charge in [-0.1, -0.05) is 6.92 Å². The first-order chi connectivity index (χ1) is 12.2. The topological polar surface area (TPSA) is 77.4 Å². The van der Waals surface area contributed by atoms with Gasteiger partial charge in [0.1, 0.15) is 11.8 Å². The van der Waals surface area contributed by atoms with Gasteiger partial charge in [-0.05, 0) is 69.0 Å². The fraction of sp³-hybridized carbons (Fsp3) is 0.579. The minimum Gasteiger partial charge on any atom is -0.479 e. The second-order valence-electron chi connectivity index (χ2n) is 6.61. The highest BCUT2D eigenvalue weighted by molar-refractivity contribution is 5.89. The Labute approximate surface area is 150 Å². The van der Waals surface area contributed by atoms with Gasteiger partial charge in [-0.25, -0.2) is 4.79 Å². The van der Waals surface area contributed by atoms with Crippen LogP contribution in [0.2, 0.25) is 0 Å². The summed E-state index contributed by atoms with van der Waals surface area (Å²) in [5, 5.41) is 14.1. The number of nitrogens with zero attached hydrogens (tertiary/aromatic N) is 2. The smallest absolute Gasteiger partial charge is 0.319 e. The Morgan fingerprint density at radius 1 is 1.36 bits per heavy atom. The number of hydrogen-bond donors (Lipinski definition) is 2. The van der Waals surface area contributed by atoms with Gasteiger partial charge < -0.3 is 20.3 Å². The summed E-state index contributed by atoms with van der Waals surface area (Å²) in [5.41, 5.74) is 0.698. The van der Waals surface area contributed by atoms with Gasteiger partial charge >= 0.3 is 6.03 Å². The molecule has 1 atom stereocenters. The van der Waals surface area contributed by atoms with Crippen LogP contribution in [0.3, 0.4) is 0 Å². The zero-order valence-electron chi connectivity index (χ0n) is 15.0. The normalized spacial score (nSPS) is 17.5. The number of urea groups is 1. The molecule has 6 nitrogen and oxygen atoms in total. The molecule has 1 aromatic rings. The molecule has 1 unspecified atom stereocenters. The number of ether oxygens (including phenoxy) is 1. The molecule has 1 fully saturated rings. The lowest BCUT2D eigenvalue weighted by atomic mass is 10.0. The number of likely N-dealkylation sites (tertiary alicyclic amines) is 1. The lowest BCUT2D eigenvalue weighted by molar-refractivity contribution is 0.181. The standard InChI is InChI=1S/C19H28N4O2/c1-16-5-4-13-23(15-16)12-3-2-11-21-19(24)22-17-6-8-18(9-7-17)25-14-10-20/h6-9,16H,2-5,11-15H2,1H3,(H2,21,22,24). The van der Waals surface area contributed by atoms with Crippen molar-refractivity contribution in [1.29, 1.82) is 5.26 Å². The maximum absolute atomic E-state index is 11.9. The number of unbranched alkanes of at least 4 members (excludes halogenated alkanes) is 1. The van der Waals surface area contributed by atoms with Crippen molar-refractivity contribution in [3.8, 4) is 11.8 Å². The number of benzene rings is 1. The van der Waals surface area contributed by atoms with Crippen LogP contribution in [0.15, 0.2) is 24.3 Å². The molecule has 0 saturated carbocycles. The van der Waals surface area contributed by atoms with Crippen LogP contribution in [-0.4, -0.2) is 43.7 Å². The summed E-state index contributed by atoms with van der Waals surface area (Å²) < 4.78 is 5.17. The van der Waals surface area contributed by atoms with Crippen LogP contribution in [0.25, 0.3) is 0 Å². The number of nitriles is 1. The van der Waals surface area contributed by atoms with Crippen LogP contribution in [0, 0.1) is 17.2 Å². The van der Waals surface area contributed by atoms with E-state index < -0.39 is 0 Å². The number of hydrogen-bond acceptors (Lipinski definition) is 4. The van der Waals surface area contributed by atoms with E-state index in [-0.39, 0.29) is 12.6 Å². The van der Waals surface area contributed by atoms with Crippen molar-refractivity contribution >= 4 is 11.7 Å². The molecule has 1 aromatic carbocycles. The molecular formula is C19H28N4O2. The number of rotatable bonds is 8. The molecule has 2 rings (SSSR count). The molecule has 2 amide bonds. The zero-order valence-corrected chi connectivity index (χ0v) is 15.0. The van der Waals surface area contributed by atoms with Crippen LogP contribution < -0.4 is 15.4 Å². The van der Waals surface area contributed by atoms with Gasteiger partial charge in [0.2, 0.25) is 0 Å². The Morgan fingerprint density at radius 3 is 2.88 bits per heavy atom. The molecule has 136 valence electrons. The minimum atomic E-state index is -0.197. The summed E-state index contributed by atoms with van der Waals surface area (Å²) in [7, 11) is 0. The molecule has 1 aliphatic rings. The molecule has 0 spiro atoms. The summed E-state index contributed by atoms with van der Waals surface area (Å²) in [4.78, 5) is 14.4. The van der Waals surface area contributed by atoms with Crippen LogP contribution >= 0.6 is 0 Å². The molecule has 1 aliphatic heterocycles. The number of amides is 2. The number of anilines is 1. The molecular weight excluding hydrogens is 316 g/mol. The van der Waals surface area contributed by atoms with E-state index in [9.17, 15) is 4.79 Å². The first-order valence-corrected chi connectivity index (χ1v) is 9.04. The fourth-order valence-corrected chi connectivity index (χ4v) is 3.08. The summed E-state index contributed by atoms with van der Waals surface area (Å²) >= 11 is 0. The van der Waals surface area contributed by atoms with E-state index in [2.05, 4.69) is 22.5 Å². The fourth-order valence-electron chi connectivity index (χ4n) is 3.08. The number of nitrogens with one attached hydrogen (secondary N) is 2. The van der Waals surface area contributed by atoms with Crippen molar-refractivity contribution in [2.24, 2.45) is 5.92 Å². The molecule has 0 aliphatic carbocycles. The van der Waals surface area contributed by atoms with E-state index >= 15 is 0 Å². The van der Waals surface area contributed by atoms with E-state index in [1.54, 1.807) is 24.3 Å². The third-order valence-electron chi connectivity index (χ3n) is 4.34. The maximum atomic E-state index is 11.9. The Balaban J connectivity index is 1.57. The summed E-state index contributed by atoms with van der Waals surface area (Å²) in [6.07, 6.45) is 4.75. The van der Waals surface area contributed by atoms with Crippen LogP contribution in [-0.2, 0) is 0 Å². The van der Waals surface area contributed by atoms with Crippen molar-refractivity contribution < 1.29 is 9.53 Å². The Bertz CT molecular complexity index is 568. The molecule has 0 aromatic heterocycles. The monoisotopic (exact) mass is 344 g/mol. The highest BCUT2D eigenvalue weighted by Gasteiger charge is 2.15. The predicted octanol–water partition coefficient (Wildman–Crippen LogP) is 3.22. The largest absolute Gasteiger partial charge is 0.479 e. The van der Waals surface area contributed by atoms with Crippen molar-refractivity contribution in [1.82, 2.24) is 10.2 Å². The lowest BCUT2D eigenvalue weighted by Crippen LogP contribution is -2.35. The van der Waals surface area contributed by atoms with Gasteiger partial charge in [-0.2, -0.15) is 5.26 Å². The Morgan fingerprint density at radius 2 is 2.16 bits per heavy atom. The Kier molecular flexibility index (Phi) is 8.06. The molecule has 0 radical (unpaired) electrons. The number of piperidine rings is 1. The molecule has 25 heavy (non-hydrogen) atoms. The lowest BCUT2D eigenvalue weighted by Gasteiger charge is -2.30. The van der Waals surface area contributed by atoms with Crippen LogP contribution in [0.5, 0.6) is 5.75 Å². The minimum absolute atomic E-state index is 0.0175. The third-order valence-corrected chi connectivity index (χ3v) is 4.34. The maximum Gasteiger partial charge on any atom is 0.319 e. The molecule has 0 bridgehead atoms. The highest BCUT2D eigenvalue weighted by atomic mass is 16.5. The van der Waals surface area contributed by atoms with Gasteiger partial charge in [0.25, 0.3) is 0 Å². The zero-order chi connectivity index (χ0) is 17.9. The van der Waals surface area contributed by atoms with E-state index in [0.29, 0.717) is 18.0 Å². The van der Waals surface area contributed by atoms with Crippen molar-refractivity contribution in [2.75, 3.05) is 38.1 Å².